The molecule has 27 heavy (non-hydrogen) atoms. The number of benzene rings is 2. The van der Waals surface area contributed by atoms with E-state index in [-0.39, 0.29) is 5.91 Å². The number of halogens is 1. The fourth-order valence-corrected chi connectivity index (χ4v) is 3.73. The summed E-state index contributed by atoms with van der Waals surface area (Å²) in [4.78, 5) is 29.3. The first-order chi connectivity index (χ1) is 13.0. The summed E-state index contributed by atoms with van der Waals surface area (Å²) in [5.41, 5.74) is 9.04. The average molecular weight is 428 g/mol. The van der Waals surface area contributed by atoms with Crippen molar-refractivity contribution < 1.29 is 14.3 Å². The van der Waals surface area contributed by atoms with Gasteiger partial charge in [-0.1, -0.05) is 28.1 Å². The number of fused-ring (bicyclic) bond motifs is 1. The Morgan fingerprint density at radius 2 is 1.78 bits per heavy atom. The van der Waals surface area contributed by atoms with Crippen LogP contribution in [-0.2, 0) is 4.74 Å². The molecule has 0 spiro atoms. The van der Waals surface area contributed by atoms with Crippen molar-refractivity contribution in [3.8, 4) is 11.3 Å². The number of carbonyl (C=O) groups excluding carboxylic acids is 2. The fraction of sp³-hybridized carbons (Fsp3) is 0.200. The number of carbonyl (C=O) groups is 2. The molecular weight excluding hydrogens is 410 g/mol. The van der Waals surface area contributed by atoms with Gasteiger partial charge in [-0.15, -0.1) is 0 Å². The minimum Gasteiger partial charge on any atom is -0.378 e. The lowest BCUT2D eigenvalue weighted by atomic mass is 10.1. The van der Waals surface area contributed by atoms with E-state index in [4.69, 9.17) is 10.5 Å². The molecule has 0 unspecified atom stereocenters. The Kier molecular flexibility index (Phi) is 4.72. The van der Waals surface area contributed by atoms with Crippen LogP contribution in [0.15, 0.2) is 46.9 Å². The molecule has 0 bridgehead atoms. The van der Waals surface area contributed by atoms with Crippen molar-refractivity contribution in [3.63, 3.8) is 0 Å². The third-order valence-corrected chi connectivity index (χ3v) is 5.44. The number of ether oxygens (including phenoxy) is 1. The van der Waals surface area contributed by atoms with Crippen LogP contribution in [0.2, 0.25) is 0 Å². The van der Waals surface area contributed by atoms with Gasteiger partial charge in [0.2, 0.25) is 0 Å². The second kappa shape index (κ2) is 7.17. The van der Waals surface area contributed by atoms with Gasteiger partial charge in [-0.3, -0.25) is 9.59 Å². The summed E-state index contributed by atoms with van der Waals surface area (Å²) in [6.07, 6.45) is 0. The van der Waals surface area contributed by atoms with E-state index in [1.807, 2.05) is 36.4 Å². The molecule has 1 aromatic heterocycles. The third kappa shape index (κ3) is 3.36. The predicted octanol–water partition coefficient (Wildman–Crippen LogP) is 3.17. The Morgan fingerprint density at radius 1 is 1.07 bits per heavy atom. The van der Waals surface area contributed by atoms with Crippen LogP contribution in [0.1, 0.15) is 20.7 Å². The zero-order valence-electron chi connectivity index (χ0n) is 14.5. The largest absolute Gasteiger partial charge is 0.378 e. The van der Waals surface area contributed by atoms with E-state index in [9.17, 15) is 9.59 Å². The SMILES string of the molecule is NC(=O)c1ccc(Br)c2cc(-c3ccc(C(=O)N4CCOCC4)cc3)[nH]c12. The Hall–Kier alpha value is -2.64. The van der Waals surface area contributed by atoms with Crippen molar-refractivity contribution >= 4 is 38.6 Å². The number of nitrogens with zero attached hydrogens (tertiary/aromatic N) is 1. The Labute approximate surface area is 164 Å². The molecular formula is C20H18BrN3O3. The predicted molar refractivity (Wildman–Crippen MR) is 107 cm³/mol. The van der Waals surface area contributed by atoms with Gasteiger partial charge in [0, 0.05) is 34.2 Å². The van der Waals surface area contributed by atoms with Gasteiger partial charge in [0.15, 0.2) is 0 Å². The van der Waals surface area contributed by atoms with Crippen LogP contribution < -0.4 is 5.73 Å². The summed E-state index contributed by atoms with van der Waals surface area (Å²) in [5, 5.41) is 0.884. The van der Waals surface area contributed by atoms with E-state index >= 15 is 0 Å². The van der Waals surface area contributed by atoms with Crippen molar-refractivity contribution in [1.82, 2.24) is 9.88 Å². The molecule has 4 rings (SSSR count). The first kappa shape index (κ1) is 17.8. The van der Waals surface area contributed by atoms with Gasteiger partial charge < -0.3 is 20.4 Å². The maximum Gasteiger partial charge on any atom is 0.254 e. The number of hydrogen-bond acceptors (Lipinski definition) is 3. The maximum atomic E-state index is 12.6. The van der Waals surface area contributed by atoms with Gasteiger partial charge in [0.05, 0.1) is 24.3 Å². The van der Waals surface area contributed by atoms with Crippen LogP contribution in [0.25, 0.3) is 22.2 Å². The van der Waals surface area contributed by atoms with Crippen LogP contribution >= 0.6 is 15.9 Å². The lowest BCUT2D eigenvalue weighted by Crippen LogP contribution is -2.40. The molecule has 0 radical (unpaired) electrons. The van der Waals surface area contributed by atoms with Gasteiger partial charge in [0.1, 0.15) is 0 Å². The lowest BCUT2D eigenvalue weighted by Gasteiger charge is -2.26. The normalized spacial score (nSPS) is 14.5. The number of nitrogens with two attached hydrogens (primary N) is 1. The first-order valence-electron chi connectivity index (χ1n) is 8.63. The molecule has 0 saturated carbocycles. The van der Waals surface area contributed by atoms with Crippen LogP contribution in [0.4, 0.5) is 0 Å². The second-order valence-corrected chi connectivity index (χ2v) is 7.27. The Balaban J connectivity index is 1.66. The number of rotatable bonds is 3. The molecule has 1 fully saturated rings. The highest BCUT2D eigenvalue weighted by Gasteiger charge is 2.19. The van der Waals surface area contributed by atoms with Crippen LogP contribution in [0.3, 0.4) is 0 Å². The van der Waals surface area contributed by atoms with E-state index in [1.165, 1.54) is 0 Å². The molecule has 3 aromatic rings. The summed E-state index contributed by atoms with van der Waals surface area (Å²) in [5.74, 6) is -0.465. The molecule has 0 atom stereocenters. The number of nitrogens with one attached hydrogen (secondary N) is 1. The van der Waals surface area contributed by atoms with Crippen molar-refractivity contribution in [2.24, 2.45) is 5.73 Å². The van der Waals surface area contributed by atoms with Crippen LogP contribution in [0.5, 0.6) is 0 Å². The average Bonchev–Trinajstić information content (AvgIpc) is 3.14. The smallest absolute Gasteiger partial charge is 0.254 e. The van der Waals surface area contributed by atoms with Gasteiger partial charge in [-0.05, 0) is 35.9 Å². The number of amides is 2. The minimum atomic E-state index is -0.479. The van der Waals surface area contributed by atoms with E-state index < -0.39 is 5.91 Å². The minimum absolute atomic E-state index is 0.0141. The highest BCUT2D eigenvalue weighted by Crippen LogP contribution is 2.31. The fourth-order valence-electron chi connectivity index (χ4n) is 3.29. The van der Waals surface area contributed by atoms with Crippen LogP contribution in [-0.4, -0.2) is 48.0 Å². The van der Waals surface area contributed by atoms with Crippen molar-refractivity contribution in [2.45, 2.75) is 0 Å². The zero-order valence-corrected chi connectivity index (χ0v) is 16.1. The molecule has 1 aliphatic rings. The zero-order chi connectivity index (χ0) is 19.0. The van der Waals surface area contributed by atoms with Crippen LogP contribution in [0, 0.1) is 0 Å². The number of hydrogen-bond donors (Lipinski definition) is 2. The summed E-state index contributed by atoms with van der Waals surface area (Å²) in [7, 11) is 0. The number of morpholine rings is 1. The van der Waals surface area contributed by atoms with E-state index in [0.29, 0.717) is 42.9 Å². The van der Waals surface area contributed by atoms with E-state index in [1.54, 1.807) is 11.0 Å². The summed E-state index contributed by atoms with van der Waals surface area (Å²) < 4.78 is 6.17. The maximum absolute atomic E-state index is 12.6. The lowest BCUT2D eigenvalue weighted by molar-refractivity contribution is 0.0303. The number of H-pyrrole nitrogens is 1. The molecule has 138 valence electrons. The highest BCUT2D eigenvalue weighted by molar-refractivity contribution is 9.10. The summed E-state index contributed by atoms with van der Waals surface area (Å²) in [6, 6.07) is 12.9. The van der Waals surface area contributed by atoms with Crippen molar-refractivity contribution in [1.29, 1.82) is 0 Å². The molecule has 2 aromatic carbocycles. The summed E-state index contributed by atoms with van der Waals surface area (Å²) in [6.45, 7) is 2.39. The Bertz CT molecular complexity index is 1020. The Morgan fingerprint density at radius 3 is 2.44 bits per heavy atom. The molecule has 6 nitrogen and oxygen atoms in total. The molecule has 1 saturated heterocycles. The topological polar surface area (TPSA) is 88.4 Å². The molecule has 3 N–H and O–H groups in total. The van der Waals surface area contributed by atoms with Gasteiger partial charge in [0.25, 0.3) is 11.8 Å². The standard InChI is InChI=1S/C20H18BrN3O3/c21-16-6-5-14(19(22)25)18-15(16)11-17(23-18)12-1-3-13(4-2-12)20(26)24-7-9-27-10-8-24/h1-6,11,23H,7-10H2,(H2,22,25). The molecule has 1 aliphatic heterocycles. The van der Waals surface area contributed by atoms with Gasteiger partial charge in [-0.25, -0.2) is 0 Å². The summed E-state index contributed by atoms with van der Waals surface area (Å²) >= 11 is 3.51. The molecule has 0 aliphatic carbocycles. The third-order valence-electron chi connectivity index (χ3n) is 4.75. The molecule has 2 heterocycles. The number of aromatic amines is 1. The molecule has 2 amide bonds. The quantitative estimate of drug-likeness (QED) is 0.672. The van der Waals surface area contributed by atoms with Gasteiger partial charge in [-0.2, -0.15) is 0 Å². The first-order valence-corrected chi connectivity index (χ1v) is 9.42. The van der Waals surface area contributed by atoms with Crippen molar-refractivity contribution in [3.05, 3.63) is 58.1 Å². The van der Waals surface area contributed by atoms with Crippen molar-refractivity contribution in [2.75, 3.05) is 26.3 Å². The molecule has 7 heteroatoms. The highest BCUT2D eigenvalue weighted by atomic mass is 79.9. The van der Waals surface area contributed by atoms with E-state index in [2.05, 4.69) is 20.9 Å². The van der Waals surface area contributed by atoms with E-state index in [0.717, 1.165) is 21.1 Å². The monoisotopic (exact) mass is 427 g/mol. The second-order valence-electron chi connectivity index (χ2n) is 6.41. The number of primary amides is 1. The van der Waals surface area contributed by atoms with Gasteiger partial charge >= 0.3 is 0 Å². The number of aromatic nitrogens is 1.